The van der Waals surface area contributed by atoms with E-state index in [1.807, 2.05) is 54.8 Å². The summed E-state index contributed by atoms with van der Waals surface area (Å²) in [6.07, 6.45) is 0. The number of hydrogen-bond donors (Lipinski definition) is 0. The number of carbonyl (C=O) groups excluding carboxylic acids is 2. The number of hydrogen-bond acceptors (Lipinski definition) is 4. The van der Waals surface area contributed by atoms with Gasteiger partial charge in [0, 0.05) is 42.7 Å². The first kappa shape index (κ1) is 18.9. The Morgan fingerprint density at radius 3 is 2.23 bits per heavy atom. The molecule has 7 heteroatoms. The molecule has 0 unspecified atom stereocenters. The molecule has 1 saturated heterocycles. The van der Waals surface area contributed by atoms with Gasteiger partial charge in [0.2, 0.25) is 5.91 Å². The maximum atomic E-state index is 12.9. The Bertz CT molecular complexity index is 809. The number of piperazine rings is 1. The van der Waals surface area contributed by atoms with Crippen LogP contribution in [0.3, 0.4) is 0 Å². The fourth-order valence-electron chi connectivity index (χ4n) is 2.95. The Balaban J connectivity index is 1.71. The fourth-order valence-corrected chi connectivity index (χ4v) is 4.12. The number of carbonyl (C=O) groups is 2. The lowest BCUT2D eigenvalue weighted by Crippen LogP contribution is -2.51. The SMILES string of the molecule is Cc1nc(-c2ccc(Cl)cc2)sc1C(=O)N1CCN(C(=O)C(C)C)CC1. The quantitative estimate of drug-likeness (QED) is 0.801. The summed E-state index contributed by atoms with van der Waals surface area (Å²) in [5, 5.41) is 1.49. The van der Waals surface area contributed by atoms with Crippen molar-refractivity contribution in [2.45, 2.75) is 20.8 Å². The third-order valence-electron chi connectivity index (χ3n) is 4.45. The van der Waals surface area contributed by atoms with Crippen LogP contribution in [0.1, 0.15) is 29.2 Å². The van der Waals surface area contributed by atoms with E-state index in [4.69, 9.17) is 11.6 Å². The summed E-state index contributed by atoms with van der Waals surface area (Å²) < 4.78 is 0. The largest absolute Gasteiger partial charge is 0.339 e. The van der Waals surface area contributed by atoms with Gasteiger partial charge in [-0.15, -0.1) is 11.3 Å². The van der Waals surface area contributed by atoms with Crippen molar-refractivity contribution in [3.63, 3.8) is 0 Å². The monoisotopic (exact) mass is 391 g/mol. The highest BCUT2D eigenvalue weighted by Gasteiger charge is 2.28. The minimum atomic E-state index is -0.0112. The summed E-state index contributed by atoms with van der Waals surface area (Å²) in [5.41, 5.74) is 1.69. The molecule has 0 N–H and O–H groups in total. The standard InChI is InChI=1S/C19H22ClN3O2S/c1-12(2)18(24)22-8-10-23(11-9-22)19(25)16-13(3)21-17(26-16)14-4-6-15(20)7-5-14/h4-7,12H,8-11H2,1-3H3. The maximum Gasteiger partial charge on any atom is 0.265 e. The maximum absolute atomic E-state index is 12.9. The van der Waals surface area contributed by atoms with E-state index >= 15 is 0 Å². The van der Waals surface area contributed by atoms with E-state index in [-0.39, 0.29) is 17.7 Å². The van der Waals surface area contributed by atoms with Gasteiger partial charge >= 0.3 is 0 Å². The van der Waals surface area contributed by atoms with E-state index in [9.17, 15) is 9.59 Å². The average molecular weight is 392 g/mol. The second-order valence-electron chi connectivity index (χ2n) is 6.71. The van der Waals surface area contributed by atoms with Crippen LogP contribution in [0.5, 0.6) is 0 Å². The smallest absolute Gasteiger partial charge is 0.265 e. The lowest BCUT2D eigenvalue weighted by Gasteiger charge is -2.35. The average Bonchev–Trinajstić information content (AvgIpc) is 3.03. The number of benzene rings is 1. The normalized spacial score (nSPS) is 14.8. The van der Waals surface area contributed by atoms with Crippen LogP contribution in [0.2, 0.25) is 5.02 Å². The molecule has 1 aliphatic rings. The molecule has 2 amide bonds. The van der Waals surface area contributed by atoms with Gasteiger partial charge in [0.05, 0.1) is 5.69 Å². The van der Waals surface area contributed by atoms with Crippen LogP contribution in [0, 0.1) is 12.8 Å². The molecule has 0 atom stereocenters. The second kappa shape index (κ2) is 7.76. The van der Waals surface area contributed by atoms with Gasteiger partial charge in [-0.05, 0) is 19.1 Å². The second-order valence-corrected chi connectivity index (χ2v) is 8.15. The van der Waals surface area contributed by atoms with Gasteiger partial charge in [-0.2, -0.15) is 0 Å². The van der Waals surface area contributed by atoms with Crippen LogP contribution in [0.25, 0.3) is 10.6 Å². The first-order chi connectivity index (χ1) is 12.4. The topological polar surface area (TPSA) is 53.5 Å². The Kier molecular flexibility index (Phi) is 5.63. The minimum Gasteiger partial charge on any atom is -0.339 e. The number of thiazole rings is 1. The van der Waals surface area contributed by atoms with E-state index in [0.29, 0.717) is 36.1 Å². The van der Waals surface area contributed by atoms with Gasteiger partial charge in [0.1, 0.15) is 9.88 Å². The van der Waals surface area contributed by atoms with Gasteiger partial charge < -0.3 is 9.80 Å². The molecule has 0 radical (unpaired) electrons. The third-order valence-corrected chi connectivity index (χ3v) is 5.90. The van der Waals surface area contributed by atoms with Gasteiger partial charge in [0.25, 0.3) is 5.91 Å². The van der Waals surface area contributed by atoms with Crippen LogP contribution in [-0.4, -0.2) is 52.8 Å². The van der Waals surface area contributed by atoms with Crippen molar-refractivity contribution in [2.24, 2.45) is 5.92 Å². The molecule has 2 heterocycles. The van der Waals surface area contributed by atoms with E-state index in [0.717, 1.165) is 16.3 Å². The number of amides is 2. The predicted molar refractivity (Wildman–Crippen MR) is 105 cm³/mol. The molecule has 0 bridgehead atoms. The van der Waals surface area contributed by atoms with Gasteiger partial charge in [0.15, 0.2) is 0 Å². The highest BCUT2D eigenvalue weighted by atomic mass is 35.5. The molecule has 1 fully saturated rings. The zero-order chi connectivity index (χ0) is 18.8. The first-order valence-electron chi connectivity index (χ1n) is 8.68. The molecule has 1 aromatic heterocycles. The highest BCUT2D eigenvalue weighted by molar-refractivity contribution is 7.17. The van der Waals surface area contributed by atoms with Gasteiger partial charge in [-0.1, -0.05) is 37.6 Å². The number of nitrogens with zero attached hydrogens (tertiary/aromatic N) is 3. The summed E-state index contributed by atoms with van der Waals surface area (Å²) in [5.74, 6) is 0.135. The molecule has 0 spiro atoms. The molecule has 2 aromatic rings. The fraction of sp³-hybridized carbons (Fsp3) is 0.421. The van der Waals surface area contributed by atoms with E-state index < -0.39 is 0 Å². The summed E-state index contributed by atoms with van der Waals surface area (Å²) in [7, 11) is 0. The van der Waals surface area contributed by atoms with Crippen molar-refractivity contribution in [1.29, 1.82) is 0 Å². The number of rotatable bonds is 3. The van der Waals surface area contributed by atoms with Crippen molar-refractivity contribution in [1.82, 2.24) is 14.8 Å². The van der Waals surface area contributed by atoms with Gasteiger partial charge in [-0.3, -0.25) is 9.59 Å². The van der Waals surface area contributed by atoms with Crippen LogP contribution in [-0.2, 0) is 4.79 Å². The molecule has 5 nitrogen and oxygen atoms in total. The van der Waals surface area contributed by atoms with Crippen molar-refractivity contribution < 1.29 is 9.59 Å². The summed E-state index contributed by atoms with van der Waals surface area (Å²) >= 11 is 7.34. The molecular formula is C19H22ClN3O2S. The van der Waals surface area contributed by atoms with Crippen molar-refractivity contribution in [3.05, 3.63) is 39.9 Å². The van der Waals surface area contributed by atoms with Crippen molar-refractivity contribution in [2.75, 3.05) is 26.2 Å². The molecule has 0 saturated carbocycles. The number of halogens is 1. The summed E-state index contributed by atoms with van der Waals surface area (Å²) in [4.78, 5) is 33.9. The Hall–Kier alpha value is -1.92. The molecular weight excluding hydrogens is 370 g/mol. The van der Waals surface area contributed by atoms with Gasteiger partial charge in [-0.25, -0.2) is 4.98 Å². The van der Waals surface area contributed by atoms with Crippen LogP contribution in [0.4, 0.5) is 0 Å². The summed E-state index contributed by atoms with van der Waals surface area (Å²) in [6.45, 7) is 7.96. The minimum absolute atomic E-state index is 0.00291. The van der Waals surface area contributed by atoms with Crippen LogP contribution < -0.4 is 0 Å². The lowest BCUT2D eigenvalue weighted by atomic mass is 10.1. The van der Waals surface area contributed by atoms with Crippen molar-refractivity contribution in [3.8, 4) is 10.6 Å². The zero-order valence-corrected chi connectivity index (χ0v) is 16.7. The molecule has 3 rings (SSSR count). The number of aromatic nitrogens is 1. The molecule has 0 aliphatic carbocycles. The Morgan fingerprint density at radius 2 is 1.65 bits per heavy atom. The van der Waals surface area contributed by atoms with Crippen LogP contribution in [0.15, 0.2) is 24.3 Å². The predicted octanol–water partition coefficient (Wildman–Crippen LogP) is 3.71. The molecule has 1 aliphatic heterocycles. The highest BCUT2D eigenvalue weighted by Crippen LogP contribution is 2.29. The van der Waals surface area contributed by atoms with E-state index in [2.05, 4.69) is 4.98 Å². The summed E-state index contributed by atoms with van der Waals surface area (Å²) in [6, 6.07) is 7.45. The van der Waals surface area contributed by atoms with Crippen molar-refractivity contribution >= 4 is 34.8 Å². The first-order valence-corrected chi connectivity index (χ1v) is 9.87. The third kappa shape index (κ3) is 3.91. The number of aryl methyl sites for hydroxylation is 1. The molecule has 26 heavy (non-hydrogen) atoms. The van der Waals surface area contributed by atoms with E-state index in [1.54, 1.807) is 0 Å². The Morgan fingerprint density at radius 1 is 1.08 bits per heavy atom. The van der Waals surface area contributed by atoms with Crippen LogP contribution >= 0.6 is 22.9 Å². The zero-order valence-electron chi connectivity index (χ0n) is 15.2. The van der Waals surface area contributed by atoms with E-state index in [1.165, 1.54) is 11.3 Å². The molecule has 1 aromatic carbocycles. The lowest BCUT2D eigenvalue weighted by molar-refractivity contribution is -0.135. The Labute approximate surface area is 162 Å². The molecule has 138 valence electrons.